The standard InChI is InChI=1S/C14H20N2O.ClH/c15-13(11-7-3-1-4-8-11)14(17)16-12-9-5-2-6-10-12;/h2,5-6,9-11,13H,1,3-4,7-8,15H2,(H,16,17);1H/t13-;/m1./s1. The highest BCUT2D eigenvalue weighted by atomic mass is 35.5. The zero-order valence-electron chi connectivity index (χ0n) is 10.5. The Labute approximate surface area is 115 Å². The number of halogens is 1. The molecule has 0 aromatic heterocycles. The number of rotatable bonds is 3. The van der Waals surface area contributed by atoms with E-state index in [2.05, 4.69) is 5.32 Å². The van der Waals surface area contributed by atoms with Crippen LogP contribution in [0.5, 0.6) is 0 Å². The van der Waals surface area contributed by atoms with Crippen LogP contribution in [0.4, 0.5) is 5.69 Å². The van der Waals surface area contributed by atoms with Gasteiger partial charge in [-0.25, -0.2) is 0 Å². The lowest BCUT2D eigenvalue weighted by molar-refractivity contribution is -0.118. The molecule has 0 unspecified atom stereocenters. The van der Waals surface area contributed by atoms with Crippen LogP contribution in [0.25, 0.3) is 0 Å². The largest absolute Gasteiger partial charge is 0.325 e. The van der Waals surface area contributed by atoms with Crippen LogP contribution in [0, 0.1) is 5.92 Å². The lowest BCUT2D eigenvalue weighted by atomic mass is 9.84. The van der Waals surface area contributed by atoms with Crippen LogP contribution < -0.4 is 11.1 Å². The fourth-order valence-corrected chi connectivity index (χ4v) is 2.45. The first-order valence-electron chi connectivity index (χ1n) is 6.39. The van der Waals surface area contributed by atoms with E-state index >= 15 is 0 Å². The molecule has 3 N–H and O–H groups in total. The summed E-state index contributed by atoms with van der Waals surface area (Å²) < 4.78 is 0. The Morgan fingerprint density at radius 1 is 1.17 bits per heavy atom. The summed E-state index contributed by atoms with van der Waals surface area (Å²) in [6, 6.07) is 9.13. The lowest BCUT2D eigenvalue weighted by Gasteiger charge is -2.26. The maximum Gasteiger partial charge on any atom is 0.241 e. The average Bonchev–Trinajstić information content (AvgIpc) is 2.40. The second-order valence-corrected chi connectivity index (χ2v) is 4.78. The van der Waals surface area contributed by atoms with Gasteiger partial charge in [-0.2, -0.15) is 0 Å². The van der Waals surface area contributed by atoms with Crippen molar-refractivity contribution < 1.29 is 4.79 Å². The Kier molecular flexibility index (Phi) is 6.16. The quantitative estimate of drug-likeness (QED) is 0.886. The van der Waals surface area contributed by atoms with Crippen LogP contribution in [-0.4, -0.2) is 11.9 Å². The van der Waals surface area contributed by atoms with Gasteiger partial charge in [-0.05, 0) is 30.9 Å². The monoisotopic (exact) mass is 268 g/mol. The van der Waals surface area contributed by atoms with Crippen molar-refractivity contribution in [1.82, 2.24) is 0 Å². The lowest BCUT2D eigenvalue weighted by Crippen LogP contribution is -2.42. The molecular formula is C14H21ClN2O. The molecule has 0 spiro atoms. The van der Waals surface area contributed by atoms with Crippen molar-refractivity contribution in [3.05, 3.63) is 30.3 Å². The Hall–Kier alpha value is -1.06. The van der Waals surface area contributed by atoms with Gasteiger partial charge in [0.05, 0.1) is 6.04 Å². The predicted octanol–water partition coefficient (Wildman–Crippen LogP) is 2.95. The number of para-hydroxylation sites is 1. The van der Waals surface area contributed by atoms with E-state index in [1.165, 1.54) is 19.3 Å². The van der Waals surface area contributed by atoms with E-state index in [1.54, 1.807) is 0 Å². The third kappa shape index (κ3) is 4.00. The first kappa shape index (κ1) is 15.0. The van der Waals surface area contributed by atoms with E-state index in [0.717, 1.165) is 18.5 Å². The summed E-state index contributed by atoms with van der Waals surface area (Å²) in [6.07, 6.45) is 5.87. The number of carbonyl (C=O) groups is 1. The number of benzene rings is 1. The van der Waals surface area contributed by atoms with Gasteiger partial charge in [0.2, 0.25) is 5.91 Å². The second-order valence-electron chi connectivity index (χ2n) is 4.78. The number of hydrogen-bond donors (Lipinski definition) is 2. The Balaban J connectivity index is 0.00000162. The van der Waals surface area contributed by atoms with Crippen molar-refractivity contribution in [2.45, 2.75) is 38.1 Å². The molecule has 1 saturated carbocycles. The van der Waals surface area contributed by atoms with Gasteiger partial charge in [0.15, 0.2) is 0 Å². The van der Waals surface area contributed by atoms with Gasteiger partial charge in [-0.3, -0.25) is 4.79 Å². The average molecular weight is 269 g/mol. The molecule has 0 saturated heterocycles. The molecule has 0 bridgehead atoms. The molecule has 0 aliphatic heterocycles. The summed E-state index contributed by atoms with van der Waals surface area (Å²) in [7, 11) is 0. The fraction of sp³-hybridized carbons (Fsp3) is 0.500. The molecule has 1 fully saturated rings. The van der Waals surface area contributed by atoms with Gasteiger partial charge in [-0.15, -0.1) is 12.4 Å². The first-order valence-corrected chi connectivity index (χ1v) is 6.39. The summed E-state index contributed by atoms with van der Waals surface area (Å²) in [6.45, 7) is 0. The molecule has 1 aromatic carbocycles. The summed E-state index contributed by atoms with van der Waals surface area (Å²) in [5, 5.41) is 2.88. The van der Waals surface area contributed by atoms with Crippen molar-refractivity contribution in [3.8, 4) is 0 Å². The second kappa shape index (κ2) is 7.39. The Morgan fingerprint density at radius 2 is 1.78 bits per heavy atom. The van der Waals surface area contributed by atoms with E-state index in [9.17, 15) is 4.79 Å². The minimum absolute atomic E-state index is 0. The van der Waals surface area contributed by atoms with Crippen LogP contribution in [0.15, 0.2) is 30.3 Å². The SMILES string of the molecule is Cl.N[C@@H](C(=O)Nc1ccccc1)C1CCCCC1. The van der Waals surface area contributed by atoms with Crippen LogP contribution in [0.1, 0.15) is 32.1 Å². The molecule has 1 amide bonds. The third-order valence-electron chi connectivity index (χ3n) is 3.50. The summed E-state index contributed by atoms with van der Waals surface area (Å²) in [5.41, 5.74) is 6.85. The minimum Gasteiger partial charge on any atom is -0.325 e. The van der Waals surface area contributed by atoms with Crippen molar-refractivity contribution in [2.24, 2.45) is 11.7 Å². The maximum absolute atomic E-state index is 12.0. The number of carbonyl (C=O) groups excluding carboxylic acids is 1. The zero-order chi connectivity index (χ0) is 12.1. The van der Waals surface area contributed by atoms with Crippen LogP contribution in [-0.2, 0) is 4.79 Å². The van der Waals surface area contributed by atoms with E-state index < -0.39 is 0 Å². The number of amides is 1. The van der Waals surface area contributed by atoms with E-state index in [0.29, 0.717) is 5.92 Å². The molecule has 2 rings (SSSR count). The van der Waals surface area contributed by atoms with E-state index in [1.807, 2.05) is 30.3 Å². The van der Waals surface area contributed by atoms with Gasteiger partial charge in [0.25, 0.3) is 0 Å². The topological polar surface area (TPSA) is 55.1 Å². The molecule has 1 aliphatic carbocycles. The van der Waals surface area contributed by atoms with Crippen LogP contribution in [0.3, 0.4) is 0 Å². The smallest absolute Gasteiger partial charge is 0.241 e. The molecule has 4 heteroatoms. The van der Waals surface area contributed by atoms with E-state index in [4.69, 9.17) is 5.73 Å². The van der Waals surface area contributed by atoms with Gasteiger partial charge < -0.3 is 11.1 Å². The highest BCUT2D eigenvalue weighted by molar-refractivity contribution is 5.94. The molecule has 1 aromatic rings. The fourth-order valence-electron chi connectivity index (χ4n) is 2.45. The van der Waals surface area contributed by atoms with Crippen LogP contribution >= 0.6 is 12.4 Å². The normalized spacial score (nSPS) is 17.6. The number of hydrogen-bond acceptors (Lipinski definition) is 2. The Bertz CT molecular complexity index is 363. The highest BCUT2D eigenvalue weighted by Gasteiger charge is 2.25. The molecule has 1 atom stereocenters. The molecule has 3 nitrogen and oxygen atoms in total. The molecule has 1 aliphatic rings. The third-order valence-corrected chi connectivity index (χ3v) is 3.50. The molecule has 0 radical (unpaired) electrons. The Morgan fingerprint density at radius 3 is 2.39 bits per heavy atom. The number of anilines is 1. The van der Waals surface area contributed by atoms with Gasteiger partial charge in [0.1, 0.15) is 0 Å². The van der Waals surface area contributed by atoms with Gasteiger partial charge in [0, 0.05) is 5.69 Å². The first-order chi connectivity index (χ1) is 8.27. The van der Waals surface area contributed by atoms with Gasteiger partial charge >= 0.3 is 0 Å². The molecule has 18 heavy (non-hydrogen) atoms. The van der Waals surface area contributed by atoms with E-state index in [-0.39, 0.29) is 24.4 Å². The summed E-state index contributed by atoms with van der Waals surface area (Å²) in [5.74, 6) is 0.301. The zero-order valence-corrected chi connectivity index (χ0v) is 11.3. The van der Waals surface area contributed by atoms with Crippen molar-refractivity contribution in [2.75, 3.05) is 5.32 Å². The van der Waals surface area contributed by atoms with Crippen molar-refractivity contribution in [3.63, 3.8) is 0 Å². The maximum atomic E-state index is 12.0. The molecular weight excluding hydrogens is 248 g/mol. The van der Waals surface area contributed by atoms with Gasteiger partial charge in [-0.1, -0.05) is 37.5 Å². The number of nitrogens with two attached hydrogens (primary N) is 1. The van der Waals surface area contributed by atoms with Crippen LogP contribution in [0.2, 0.25) is 0 Å². The minimum atomic E-state index is -0.365. The molecule has 100 valence electrons. The summed E-state index contributed by atoms with van der Waals surface area (Å²) >= 11 is 0. The highest BCUT2D eigenvalue weighted by Crippen LogP contribution is 2.26. The van der Waals surface area contributed by atoms with Crippen molar-refractivity contribution >= 4 is 24.0 Å². The molecule has 0 heterocycles. The van der Waals surface area contributed by atoms with Crippen molar-refractivity contribution in [1.29, 1.82) is 0 Å². The number of nitrogens with one attached hydrogen (secondary N) is 1. The summed E-state index contributed by atoms with van der Waals surface area (Å²) in [4.78, 5) is 12.0. The predicted molar refractivity (Wildman–Crippen MR) is 76.9 cm³/mol.